The van der Waals surface area contributed by atoms with E-state index < -0.39 is 0 Å². The SMILES string of the molecule is CCc1cnc(CNC(=NC)NCCc2cnn(C)c2)s1. The van der Waals surface area contributed by atoms with Crippen molar-refractivity contribution in [2.45, 2.75) is 26.3 Å². The summed E-state index contributed by atoms with van der Waals surface area (Å²) in [5.41, 5.74) is 1.22. The Labute approximate surface area is 129 Å². The van der Waals surface area contributed by atoms with Crippen molar-refractivity contribution in [2.75, 3.05) is 13.6 Å². The zero-order chi connectivity index (χ0) is 15.1. The van der Waals surface area contributed by atoms with Gasteiger partial charge in [0, 0.05) is 37.9 Å². The van der Waals surface area contributed by atoms with Crippen molar-refractivity contribution in [2.24, 2.45) is 12.0 Å². The lowest BCUT2D eigenvalue weighted by molar-refractivity contribution is 0.764. The van der Waals surface area contributed by atoms with E-state index in [1.807, 2.05) is 30.3 Å². The molecule has 0 unspecified atom stereocenters. The van der Waals surface area contributed by atoms with Gasteiger partial charge in [0.05, 0.1) is 12.7 Å². The fraction of sp³-hybridized carbons (Fsp3) is 0.500. The topological polar surface area (TPSA) is 67.1 Å². The molecule has 0 spiro atoms. The average molecular weight is 306 g/mol. The molecule has 0 atom stereocenters. The Kier molecular flexibility index (Phi) is 5.74. The molecule has 2 rings (SSSR count). The number of aromatic nitrogens is 3. The summed E-state index contributed by atoms with van der Waals surface area (Å²) in [4.78, 5) is 9.91. The Hall–Kier alpha value is -1.89. The standard InChI is InChI=1S/C14H22N6S/c1-4-12-8-17-13(21-12)9-18-14(15-2)16-6-5-11-7-19-20(3)10-11/h7-8,10H,4-6,9H2,1-3H3,(H2,15,16,18). The van der Waals surface area contributed by atoms with Gasteiger partial charge in [0.25, 0.3) is 0 Å². The normalized spacial score (nSPS) is 11.7. The van der Waals surface area contributed by atoms with Gasteiger partial charge in [0.2, 0.25) is 0 Å². The molecule has 0 aromatic carbocycles. The average Bonchev–Trinajstić information content (AvgIpc) is 3.11. The van der Waals surface area contributed by atoms with Gasteiger partial charge < -0.3 is 10.6 Å². The molecule has 2 aromatic heterocycles. The van der Waals surface area contributed by atoms with Crippen LogP contribution >= 0.6 is 11.3 Å². The number of guanidine groups is 1. The molecule has 0 aliphatic heterocycles. The third-order valence-electron chi connectivity index (χ3n) is 3.05. The Balaban J connectivity index is 1.73. The van der Waals surface area contributed by atoms with E-state index in [1.165, 1.54) is 10.4 Å². The largest absolute Gasteiger partial charge is 0.356 e. The number of nitrogens with zero attached hydrogens (tertiary/aromatic N) is 4. The second kappa shape index (κ2) is 7.78. The molecule has 2 N–H and O–H groups in total. The first-order valence-electron chi connectivity index (χ1n) is 7.07. The third kappa shape index (κ3) is 4.86. The molecular weight excluding hydrogens is 284 g/mol. The lowest BCUT2D eigenvalue weighted by atomic mass is 10.2. The van der Waals surface area contributed by atoms with E-state index in [2.05, 4.69) is 32.6 Å². The second-order valence-corrected chi connectivity index (χ2v) is 5.90. The molecule has 0 radical (unpaired) electrons. The smallest absolute Gasteiger partial charge is 0.191 e. The molecule has 0 amide bonds. The summed E-state index contributed by atoms with van der Waals surface area (Å²) in [7, 11) is 3.70. The number of rotatable bonds is 6. The van der Waals surface area contributed by atoms with Crippen LogP contribution in [0.4, 0.5) is 0 Å². The minimum atomic E-state index is 0.706. The molecule has 0 aliphatic rings. The molecule has 21 heavy (non-hydrogen) atoms. The summed E-state index contributed by atoms with van der Waals surface area (Å²) in [6.07, 6.45) is 7.82. The first-order valence-corrected chi connectivity index (χ1v) is 7.88. The summed E-state index contributed by atoms with van der Waals surface area (Å²) >= 11 is 1.74. The molecule has 0 fully saturated rings. The van der Waals surface area contributed by atoms with E-state index >= 15 is 0 Å². The molecule has 7 heteroatoms. The first-order chi connectivity index (χ1) is 10.2. The van der Waals surface area contributed by atoms with E-state index in [-0.39, 0.29) is 0 Å². The first kappa shape index (κ1) is 15.5. The van der Waals surface area contributed by atoms with Gasteiger partial charge >= 0.3 is 0 Å². The number of aryl methyl sites for hydroxylation is 2. The van der Waals surface area contributed by atoms with Crippen LogP contribution in [0.15, 0.2) is 23.6 Å². The van der Waals surface area contributed by atoms with Crippen LogP contribution in [-0.2, 0) is 26.4 Å². The van der Waals surface area contributed by atoms with Gasteiger partial charge in [-0.05, 0) is 18.4 Å². The quantitative estimate of drug-likeness (QED) is 0.624. The Morgan fingerprint density at radius 3 is 2.86 bits per heavy atom. The van der Waals surface area contributed by atoms with E-state index in [0.717, 1.165) is 30.4 Å². The Morgan fingerprint density at radius 1 is 1.38 bits per heavy atom. The van der Waals surface area contributed by atoms with Crippen molar-refractivity contribution in [3.05, 3.63) is 34.0 Å². The number of aliphatic imine (C=N–C) groups is 1. The van der Waals surface area contributed by atoms with E-state index in [4.69, 9.17) is 0 Å². The highest BCUT2D eigenvalue weighted by molar-refractivity contribution is 7.11. The van der Waals surface area contributed by atoms with Gasteiger partial charge in [0.1, 0.15) is 5.01 Å². The van der Waals surface area contributed by atoms with Crippen molar-refractivity contribution in [3.8, 4) is 0 Å². The minimum Gasteiger partial charge on any atom is -0.356 e. The lowest BCUT2D eigenvalue weighted by Gasteiger charge is -2.10. The van der Waals surface area contributed by atoms with Crippen molar-refractivity contribution in [1.29, 1.82) is 0 Å². The minimum absolute atomic E-state index is 0.706. The zero-order valence-corrected chi connectivity index (χ0v) is 13.6. The number of hydrogen-bond acceptors (Lipinski definition) is 4. The van der Waals surface area contributed by atoms with Gasteiger partial charge in [-0.25, -0.2) is 4.98 Å². The fourth-order valence-electron chi connectivity index (χ4n) is 1.90. The highest BCUT2D eigenvalue weighted by atomic mass is 32.1. The molecule has 0 saturated carbocycles. The van der Waals surface area contributed by atoms with E-state index in [9.17, 15) is 0 Å². The van der Waals surface area contributed by atoms with Gasteiger partial charge in [-0.2, -0.15) is 5.10 Å². The van der Waals surface area contributed by atoms with Crippen molar-refractivity contribution < 1.29 is 0 Å². The summed E-state index contributed by atoms with van der Waals surface area (Å²) in [5.74, 6) is 0.798. The maximum atomic E-state index is 4.39. The Bertz CT molecular complexity index is 586. The van der Waals surface area contributed by atoms with Crippen LogP contribution in [0.1, 0.15) is 22.4 Å². The highest BCUT2D eigenvalue weighted by Crippen LogP contribution is 2.12. The maximum absolute atomic E-state index is 4.39. The molecule has 0 aliphatic carbocycles. The van der Waals surface area contributed by atoms with Crippen LogP contribution in [0.25, 0.3) is 0 Å². The van der Waals surface area contributed by atoms with Crippen LogP contribution in [0.3, 0.4) is 0 Å². The molecule has 0 bridgehead atoms. The second-order valence-electron chi connectivity index (χ2n) is 4.70. The Morgan fingerprint density at radius 2 is 2.24 bits per heavy atom. The molecule has 2 heterocycles. The van der Waals surface area contributed by atoms with E-state index in [1.54, 1.807) is 18.4 Å². The fourth-order valence-corrected chi connectivity index (χ4v) is 2.70. The molecular formula is C14H22N6S. The van der Waals surface area contributed by atoms with E-state index in [0.29, 0.717) is 6.54 Å². The summed E-state index contributed by atoms with van der Waals surface area (Å²) in [6.45, 7) is 3.67. The lowest BCUT2D eigenvalue weighted by Crippen LogP contribution is -2.37. The van der Waals surface area contributed by atoms with Crippen LogP contribution in [0.2, 0.25) is 0 Å². The summed E-state index contributed by atoms with van der Waals surface area (Å²) in [6, 6.07) is 0. The van der Waals surface area contributed by atoms with Crippen LogP contribution < -0.4 is 10.6 Å². The van der Waals surface area contributed by atoms with Crippen molar-refractivity contribution >= 4 is 17.3 Å². The molecule has 0 saturated heterocycles. The van der Waals surface area contributed by atoms with Crippen LogP contribution in [0, 0.1) is 0 Å². The highest BCUT2D eigenvalue weighted by Gasteiger charge is 2.03. The van der Waals surface area contributed by atoms with Gasteiger partial charge in [-0.3, -0.25) is 9.67 Å². The predicted octanol–water partition coefficient (Wildman–Crippen LogP) is 1.35. The number of thiazole rings is 1. The molecule has 114 valence electrons. The molecule has 2 aromatic rings. The van der Waals surface area contributed by atoms with Gasteiger partial charge in [-0.1, -0.05) is 6.92 Å². The van der Waals surface area contributed by atoms with Crippen LogP contribution in [0.5, 0.6) is 0 Å². The number of hydrogen-bond donors (Lipinski definition) is 2. The summed E-state index contributed by atoms with van der Waals surface area (Å²) in [5, 5.41) is 11.8. The van der Waals surface area contributed by atoms with Gasteiger partial charge in [0.15, 0.2) is 5.96 Å². The maximum Gasteiger partial charge on any atom is 0.191 e. The van der Waals surface area contributed by atoms with Crippen molar-refractivity contribution in [3.63, 3.8) is 0 Å². The van der Waals surface area contributed by atoms with Crippen molar-refractivity contribution in [1.82, 2.24) is 25.4 Å². The monoisotopic (exact) mass is 306 g/mol. The summed E-state index contributed by atoms with van der Waals surface area (Å²) < 4.78 is 1.82. The predicted molar refractivity (Wildman–Crippen MR) is 86.6 cm³/mol. The van der Waals surface area contributed by atoms with Gasteiger partial charge in [-0.15, -0.1) is 11.3 Å². The molecule has 6 nitrogen and oxygen atoms in total. The number of nitrogens with one attached hydrogen (secondary N) is 2. The van der Waals surface area contributed by atoms with Crippen LogP contribution in [-0.4, -0.2) is 34.3 Å². The third-order valence-corrected chi connectivity index (χ3v) is 4.19. The zero-order valence-electron chi connectivity index (χ0n) is 12.8.